The third-order valence-electron chi connectivity index (χ3n) is 12.9. The first-order valence-electron chi connectivity index (χ1n) is 20.9. The van der Waals surface area contributed by atoms with E-state index in [1.165, 1.54) is 19.1 Å². The van der Waals surface area contributed by atoms with Crippen molar-refractivity contribution in [2.75, 3.05) is 27.9 Å². The van der Waals surface area contributed by atoms with Crippen molar-refractivity contribution in [1.82, 2.24) is 4.90 Å². The molecule has 3 heterocycles. The second kappa shape index (κ2) is 21.0. The monoisotopic (exact) mass is 803 g/mol. The summed E-state index contributed by atoms with van der Waals surface area (Å²) in [6.07, 6.45) is 4.93. The summed E-state index contributed by atoms with van der Waals surface area (Å²) >= 11 is 0. The Kier molecular flexibility index (Phi) is 17.2. The van der Waals surface area contributed by atoms with Crippen molar-refractivity contribution in [1.29, 1.82) is 0 Å². The maximum Gasteiger partial charge on any atom is 0.329 e. The zero-order chi connectivity index (χ0) is 42.2. The van der Waals surface area contributed by atoms with Crippen LogP contribution in [0, 0.1) is 29.6 Å². The van der Waals surface area contributed by atoms with E-state index in [0.717, 1.165) is 5.57 Å². The number of hydrogen-bond donors (Lipinski definition) is 3. The fourth-order valence-electron chi connectivity index (χ4n) is 9.42. The average molecular weight is 804 g/mol. The molecule has 4 aliphatic rings. The van der Waals surface area contributed by atoms with Crippen LogP contribution < -0.4 is 0 Å². The summed E-state index contributed by atoms with van der Waals surface area (Å²) in [5, 5.41) is 34.1. The minimum atomic E-state index is -2.51. The first-order valence-corrected chi connectivity index (χ1v) is 20.9. The number of carbonyl (C=O) groups is 4. The fourth-order valence-corrected chi connectivity index (χ4v) is 9.42. The van der Waals surface area contributed by atoms with Crippen molar-refractivity contribution in [2.45, 2.75) is 160 Å². The number of ketones is 2. The zero-order valence-electron chi connectivity index (χ0n) is 35.4. The molecule has 0 aromatic rings. The summed E-state index contributed by atoms with van der Waals surface area (Å²) in [4.78, 5) is 57.8. The molecule has 3 fully saturated rings. The Hall–Kier alpha value is -2.78. The quantitative estimate of drug-likeness (QED) is 0.185. The number of aliphatic hydroxyl groups excluding tert-OH is 2. The van der Waals surface area contributed by atoms with Crippen molar-refractivity contribution in [3.63, 3.8) is 0 Å². The first kappa shape index (κ1) is 46.9. The summed E-state index contributed by atoms with van der Waals surface area (Å²) < 4.78 is 29.7. The van der Waals surface area contributed by atoms with Crippen molar-refractivity contribution in [3.05, 3.63) is 36.0 Å². The van der Waals surface area contributed by atoms with Gasteiger partial charge in [0.1, 0.15) is 24.0 Å². The number of amides is 1. The number of cyclic esters (lactones) is 1. The van der Waals surface area contributed by atoms with Gasteiger partial charge in [-0.25, -0.2) is 4.79 Å². The Morgan fingerprint density at radius 1 is 0.930 bits per heavy atom. The molecule has 57 heavy (non-hydrogen) atoms. The van der Waals surface area contributed by atoms with Gasteiger partial charge >= 0.3 is 5.97 Å². The van der Waals surface area contributed by atoms with Gasteiger partial charge in [0.05, 0.1) is 30.5 Å². The Morgan fingerprint density at radius 2 is 1.60 bits per heavy atom. The lowest BCUT2D eigenvalue weighted by Gasteiger charge is -2.47. The van der Waals surface area contributed by atoms with Gasteiger partial charge in [-0.05, 0) is 95.5 Å². The molecule has 322 valence electrons. The molecule has 3 N–H and O–H groups in total. The Morgan fingerprint density at radius 3 is 2.25 bits per heavy atom. The van der Waals surface area contributed by atoms with E-state index in [4.69, 9.17) is 23.7 Å². The van der Waals surface area contributed by atoms with Gasteiger partial charge in [-0.1, -0.05) is 44.6 Å². The molecule has 1 amide bonds. The first-order chi connectivity index (χ1) is 27.0. The predicted molar refractivity (Wildman–Crippen MR) is 213 cm³/mol. The van der Waals surface area contributed by atoms with Crippen LogP contribution in [0.2, 0.25) is 0 Å². The SMILES string of the molecule is C=CC[C@@H]1C=C(C)C[C@H](C)C[C@H](OC)[C@H]2O[C@@](O)(C(=O)C(=O)N3CCCC[C@H]3C(=O)O[C@H](/C(C)=C/C3CC[C@@H](O)[C@H](OC)C3)[C@H](C)[C@@H](O)CC1=O)[C@H](C)C[C@@H]2OC. The molecule has 14 atom stereocenters. The smallest absolute Gasteiger partial charge is 0.329 e. The highest BCUT2D eigenvalue weighted by molar-refractivity contribution is 6.39. The molecule has 13 heteroatoms. The lowest BCUT2D eigenvalue weighted by molar-refractivity contribution is -0.302. The third-order valence-corrected chi connectivity index (χ3v) is 12.9. The number of hydrogen-bond acceptors (Lipinski definition) is 12. The molecule has 1 saturated carbocycles. The second-order valence-corrected chi connectivity index (χ2v) is 17.3. The summed E-state index contributed by atoms with van der Waals surface area (Å²) in [5.74, 6) is -7.76. The van der Waals surface area contributed by atoms with Crippen LogP contribution in [-0.2, 0) is 42.9 Å². The molecule has 3 aliphatic heterocycles. The number of fused-ring (bicyclic) bond motifs is 3. The maximum atomic E-state index is 14.3. The molecule has 2 saturated heterocycles. The number of rotatable bonds is 7. The normalized spacial score (nSPS) is 40.1. The number of methoxy groups -OCH3 is 3. The molecule has 1 unspecified atom stereocenters. The van der Waals surface area contributed by atoms with Crippen molar-refractivity contribution in [2.24, 2.45) is 29.6 Å². The number of piperidine rings is 1. The lowest BCUT2D eigenvalue weighted by Crippen LogP contribution is -2.64. The minimum absolute atomic E-state index is 0.00988. The molecular formula is C44H69NO12. The van der Waals surface area contributed by atoms with Gasteiger partial charge < -0.3 is 43.9 Å². The Labute approximate surface area is 339 Å². The highest BCUT2D eigenvalue weighted by Gasteiger charge is 2.56. The number of aliphatic hydroxyl groups is 3. The van der Waals surface area contributed by atoms with Gasteiger partial charge in [0.25, 0.3) is 11.7 Å². The van der Waals surface area contributed by atoms with Gasteiger partial charge in [-0.3, -0.25) is 14.4 Å². The number of carbonyl (C=O) groups excluding carboxylic acids is 4. The van der Waals surface area contributed by atoms with E-state index in [0.29, 0.717) is 56.9 Å². The summed E-state index contributed by atoms with van der Waals surface area (Å²) in [6.45, 7) is 13.1. The number of allylic oxidation sites excluding steroid dienone is 4. The predicted octanol–water partition coefficient (Wildman–Crippen LogP) is 4.64. The second-order valence-electron chi connectivity index (χ2n) is 17.3. The number of esters is 1. The molecule has 0 radical (unpaired) electrons. The molecule has 0 spiro atoms. The standard InChI is InChI=1S/C44H69NO12/c1-10-13-31-19-25(2)18-26(3)20-37(54-8)40-38(55-9)22-28(5)44(52,57-40)41(49)42(50)45-17-12-11-14-32(45)43(51)56-39(29(6)34(47)24-35(31)48)27(4)21-30-15-16-33(46)36(23-30)53-7/h10,19,21,26,28-34,36-40,46-47,52H,1,11-18,20,22-24H2,2-9H3/b25-19?,27-21+/t26-,28+,29+,30?,31+,32-,33+,34-,36+,37-,38-,39+,40+,44+/m0/s1. The summed E-state index contributed by atoms with van der Waals surface area (Å²) in [5.41, 5.74) is 1.61. The van der Waals surface area contributed by atoms with Gasteiger partial charge in [-0.2, -0.15) is 0 Å². The minimum Gasteiger partial charge on any atom is -0.456 e. The molecule has 0 aromatic heterocycles. The number of Topliss-reactive ketones (excluding diaryl/α,β-unsaturated/α-hetero) is 2. The van der Waals surface area contributed by atoms with Crippen LogP contribution in [0.1, 0.15) is 105 Å². The Balaban J connectivity index is 1.78. The molecule has 1 aliphatic carbocycles. The topological polar surface area (TPSA) is 178 Å². The van der Waals surface area contributed by atoms with Gasteiger partial charge in [0, 0.05) is 52.0 Å². The van der Waals surface area contributed by atoms with E-state index in [2.05, 4.69) is 6.58 Å². The van der Waals surface area contributed by atoms with Crippen LogP contribution in [0.4, 0.5) is 0 Å². The van der Waals surface area contributed by atoms with E-state index in [-0.39, 0.29) is 49.5 Å². The van der Waals surface area contributed by atoms with E-state index in [9.17, 15) is 34.5 Å². The molecule has 4 rings (SSSR count). The van der Waals surface area contributed by atoms with Crippen LogP contribution in [0.3, 0.4) is 0 Å². The van der Waals surface area contributed by atoms with Crippen molar-refractivity contribution in [3.8, 4) is 0 Å². The van der Waals surface area contributed by atoms with Crippen LogP contribution >= 0.6 is 0 Å². The number of nitrogens with zero attached hydrogens (tertiary/aromatic N) is 1. The Bertz CT molecular complexity index is 1480. The van der Waals surface area contributed by atoms with Gasteiger partial charge in [0.2, 0.25) is 5.79 Å². The zero-order valence-corrected chi connectivity index (χ0v) is 35.4. The largest absolute Gasteiger partial charge is 0.456 e. The highest BCUT2D eigenvalue weighted by atomic mass is 16.7. The van der Waals surface area contributed by atoms with E-state index in [1.807, 2.05) is 32.9 Å². The van der Waals surface area contributed by atoms with E-state index >= 15 is 0 Å². The van der Waals surface area contributed by atoms with Gasteiger partial charge in [-0.15, -0.1) is 6.58 Å². The third kappa shape index (κ3) is 11.3. The van der Waals surface area contributed by atoms with Crippen molar-refractivity contribution >= 4 is 23.4 Å². The summed E-state index contributed by atoms with van der Waals surface area (Å²) in [7, 11) is 4.61. The molecule has 2 bridgehead atoms. The van der Waals surface area contributed by atoms with Crippen LogP contribution in [0.5, 0.6) is 0 Å². The highest BCUT2D eigenvalue weighted by Crippen LogP contribution is 2.39. The fraction of sp³-hybridized carbons (Fsp3) is 0.773. The van der Waals surface area contributed by atoms with Crippen LogP contribution in [-0.4, -0.2) is 126 Å². The van der Waals surface area contributed by atoms with Gasteiger partial charge in [0.15, 0.2) is 0 Å². The van der Waals surface area contributed by atoms with Crippen LogP contribution in [0.15, 0.2) is 36.0 Å². The molecule has 13 nitrogen and oxygen atoms in total. The van der Waals surface area contributed by atoms with Crippen molar-refractivity contribution < 1.29 is 58.2 Å². The average Bonchev–Trinajstić information content (AvgIpc) is 3.18. The van der Waals surface area contributed by atoms with Crippen LogP contribution in [0.25, 0.3) is 0 Å². The summed E-state index contributed by atoms with van der Waals surface area (Å²) in [6, 6.07) is -1.14. The number of ether oxygens (including phenoxy) is 5. The lowest BCUT2D eigenvalue weighted by atomic mass is 9.81. The van der Waals surface area contributed by atoms with E-state index in [1.54, 1.807) is 27.0 Å². The molecular weight excluding hydrogens is 734 g/mol. The molecule has 0 aromatic carbocycles. The maximum absolute atomic E-state index is 14.3. The van der Waals surface area contributed by atoms with E-state index < -0.39 is 83.9 Å².